The van der Waals surface area contributed by atoms with E-state index in [-0.39, 0.29) is 12.5 Å². The molecule has 0 radical (unpaired) electrons. The molecule has 1 amide bonds. The molecular formula is C18H23NO3. The van der Waals surface area contributed by atoms with Gasteiger partial charge in [-0.3, -0.25) is 4.79 Å². The lowest BCUT2D eigenvalue weighted by atomic mass is 10.0. The fourth-order valence-electron chi connectivity index (χ4n) is 2.33. The molecular weight excluding hydrogens is 278 g/mol. The Kier molecular flexibility index (Phi) is 5.78. The summed E-state index contributed by atoms with van der Waals surface area (Å²) in [5.41, 5.74) is 0.229. The highest BCUT2D eigenvalue weighted by molar-refractivity contribution is 5.75. The van der Waals surface area contributed by atoms with E-state index < -0.39 is 5.60 Å². The second-order valence-electron chi connectivity index (χ2n) is 5.87. The Morgan fingerprint density at radius 2 is 2.00 bits per heavy atom. The number of aliphatic hydroxyl groups is 1. The third kappa shape index (κ3) is 5.74. The molecule has 2 rings (SSSR count). The van der Waals surface area contributed by atoms with Gasteiger partial charge < -0.3 is 14.8 Å². The Bertz CT molecular complexity index is 561. The van der Waals surface area contributed by atoms with Gasteiger partial charge in [0.2, 0.25) is 5.91 Å². The number of aryl methyl sites for hydroxylation is 1. The number of amides is 1. The molecule has 0 aliphatic heterocycles. The molecule has 0 saturated heterocycles. The maximum Gasteiger partial charge on any atom is 0.220 e. The molecule has 1 aromatic heterocycles. The van der Waals surface area contributed by atoms with Gasteiger partial charge in [-0.25, -0.2) is 0 Å². The van der Waals surface area contributed by atoms with Gasteiger partial charge in [-0.2, -0.15) is 0 Å². The van der Waals surface area contributed by atoms with Crippen LogP contribution in [-0.4, -0.2) is 23.2 Å². The summed E-state index contributed by atoms with van der Waals surface area (Å²) in [6.07, 6.45) is 4.11. The Morgan fingerprint density at radius 1 is 1.23 bits per heavy atom. The summed E-state index contributed by atoms with van der Waals surface area (Å²) in [5, 5.41) is 13.1. The fraction of sp³-hybridized carbons (Fsp3) is 0.389. The van der Waals surface area contributed by atoms with Gasteiger partial charge in [0.1, 0.15) is 5.76 Å². The summed E-state index contributed by atoms with van der Waals surface area (Å²) in [7, 11) is 0. The minimum Gasteiger partial charge on any atom is -0.469 e. The molecule has 0 spiro atoms. The molecule has 0 unspecified atom stereocenters. The lowest BCUT2D eigenvalue weighted by molar-refractivity contribution is -0.122. The molecule has 1 atom stereocenters. The van der Waals surface area contributed by atoms with Crippen LogP contribution in [0.15, 0.2) is 53.1 Å². The molecule has 2 aromatic rings. The zero-order valence-corrected chi connectivity index (χ0v) is 12.9. The smallest absolute Gasteiger partial charge is 0.220 e. The number of nitrogens with one attached hydrogen (secondary N) is 1. The average Bonchev–Trinajstić information content (AvgIpc) is 2.99. The monoisotopic (exact) mass is 301 g/mol. The van der Waals surface area contributed by atoms with Crippen LogP contribution in [0.4, 0.5) is 0 Å². The summed E-state index contributed by atoms with van der Waals surface area (Å²) in [6, 6.07) is 13.7. The third-order valence-corrected chi connectivity index (χ3v) is 3.51. The van der Waals surface area contributed by atoms with Gasteiger partial charge in [-0.1, -0.05) is 30.3 Å². The van der Waals surface area contributed by atoms with Gasteiger partial charge in [0.15, 0.2) is 0 Å². The van der Waals surface area contributed by atoms with Crippen molar-refractivity contribution >= 4 is 5.91 Å². The number of hydrogen-bond donors (Lipinski definition) is 2. The first-order chi connectivity index (χ1) is 10.6. The van der Waals surface area contributed by atoms with E-state index in [0.717, 1.165) is 12.8 Å². The van der Waals surface area contributed by atoms with Crippen molar-refractivity contribution in [2.45, 2.75) is 38.2 Å². The van der Waals surface area contributed by atoms with Gasteiger partial charge in [0, 0.05) is 19.4 Å². The quantitative estimate of drug-likeness (QED) is 0.788. The first kappa shape index (κ1) is 16.3. The number of benzene rings is 1. The first-order valence-electron chi connectivity index (χ1n) is 7.60. The van der Waals surface area contributed by atoms with Gasteiger partial charge in [0.05, 0.1) is 11.9 Å². The summed E-state index contributed by atoms with van der Waals surface area (Å²) in [6.45, 7) is 1.91. The average molecular weight is 301 g/mol. The molecule has 4 heteroatoms. The lowest BCUT2D eigenvalue weighted by Gasteiger charge is -2.22. The number of furan rings is 1. The second-order valence-corrected chi connectivity index (χ2v) is 5.87. The van der Waals surface area contributed by atoms with Crippen molar-refractivity contribution in [1.29, 1.82) is 0 Å². The molecule has 0 saturated carbocycles. The summed E-state index contributed by atoms with van der Waals surface area (Å²) < 4.78 is 5.22. The van der Waals surface area contributed by atoms with Crippen LogP contribution in [0.1, 0.15) is 31.1 Å². The summed E-state index contributed by atoms with van der Waals surface area (Å²) in [5.74, 6) is 0.680. The van der Waals surface area contributed by atoms with Crippen molar-refractivity contribution in [2.75, 3.05) is 6.54 Å². The summed E-state index contributed by atoms with van der Waals surface area (Å²) >= 11 is 0. The molecule has 0 aliphatic rings. The van der Waals surface area contributed by atoms with Crippen molar-refractivity contribution in [3.05, 3.63) is 60.1 Å². The molecule has 2 N–H and O–H groups in total. The van der Waals surface area contributed by atoms with Crippen molar-refractivity contribution in [3.63, 3.8) is 0 Å². The van der Waals surface area contributed by atoms with Crippen LogP contribution in [0.3, 0.4) is 0 Å². The van der Waals surface area contributed by atoms with E-state index in [0.29, 0.717) is 18.6 Å². The third-order valence-electron chi connectivity index (χ3n) is 3.51. The van der Waals surface area contributed by atoms with E-state index in [2.05, 4.69) is 17.4 Å². The SMILES string of the molecule is C[C@@](O)(CNC(=O)CCCc1ccccc1)Cc1ccco1. The largest absolute Gasteiger partial charge is 0.469 e. The Balaban J connectivity index is 1.66. The molecule has 0 fully saturated rings. The van der Waals surface area contributed by atoms with Crippen molar-refractivity contribution in [3.8, 4) is 0 Å². The highest BCUT2D eigenvalue weighted by Gasteiger charge is 2.23. The van der Waals surface area contributed by atoms with E-state index in [1.807, 2.05) is 24.3 Å². The van der Waals surface area contributed by atoms with Crippen LogP contribution in [0.2, 0.25) is 0 Å². The highest BCUT2D eigenvalue weighted by atomic mass is 16.3. The minimum absolute atomic E-state index is 0.0318. The highest BCUT2D eigenvalue weighted by Crippen LogP contribution is 2.13. The van der Waals surface area contributed by atoms with Crippen LogP contribution in [0, 0.1) is 0 Å². The number of hydrogen-bond acceptors (Lipinski definition) is 3. The zero-order chi connectivity index (χ0) is 15.8. The Hall–Kier alpha value is -2.07. The molecule has 0 bridgehead atoms. The van der Waals surface area contributed by atoms with E-state index in [1.54, 1.807) is 19.3 Å². The van der Waals surface area contributed by atoms with Crippen LogP contribution in [0.5, 0.6) is 0 Å². The Labute approximate surface area is 131 Å². The van der Waals surface area contributed by atoms with Crippen molar-refractivity contribution < 1.29 is 14.3 Å². The molecule has 1 heterocycles. The molecule has 4 nitrogen and oxygen atoms in total. The van der Waals surface area contributed by atoms with Crippen LogP contribution >= 0.6 is 0 Å². The number of rotatable bonds is 8. The lowest BCUT2D eigenvalue weighted by Crippen LogP contribution is -2.42. The van der Waals surface area contributed by atoms with Crippen LogP contribution in [0.25, 0.3) is 0 Å². The molecule has 0 aliphatic carbocycles. The zero-order valence-electron chi connectivity index (χ0n) is 12.9. The second kappa shape index (κ2) is 7.80. The predicted octanol–water partition coefficient (Wildman–Crippen LogP) is 2.71. The van der Waals surface area contributed by atoms with Crippen molar-refractivity contribution in [2.24, 2.45) is 0 Å². The maximum absolute atomic E-state index is 11.8. The van der Waals surface area contributed by atoms with Gasteiger partial charge in [-0.05, 0) is 37.5 Å². The van der Waals surface area contributed by atoms with E-state index >= 15 is 0 Å². The molecule has 118 valence electrons. The maximum atomic E-state index is 11.8. The van der Waals surface area contributed by atoms with Crippen molar-refractivity contribution in [1.82, 2.24) is 5.32 Å². The predicted molar refractivity (Wildman–Crippen MR) is 85.4 cm³/mol. The van der Waals surface area contributed by atoms with E-state index in [4.69, 9.17) is 4.42 Å². The standard InChI is InChI=1S/C18H23NO3/c1-18(21,13-16-10-6-12-22-16)14-19-17(20)11-5-9-15-7-3-2-4-8-15/h2-4,6-8,10,12,21H,5,9,11,13-14H2,1H3,(H,19,20)/t18-/m0/s1. The number of carbonyl (C=O) groups is 1. The molecule has 22 heavy (non-hydrogen) atoms. The fourth-order valence-corrected chi connectivity index (χ4v) is 2.33. The number of carbonyl (C=O) groups excluding carboxylic acids is 1. The van der Waals surface area contributed by atoms with E-state index in [9.17, 15) is 9.90 Å². The topological polar surface area (TPSA) is 62.5 Å². The van der Waals surface area contributed by atoms with Crippen LogP contribution < -0.4 is 5.32 Å². The minimum atomic E-state index is -1.01. The Morgan fingerprint density at radius 3 is 2.68 bits per heavy atom. The molecule has 1 aromatic carbocycles. The normalized spacial score (nSPS) is 13.5. The first-order valence-corrected chi connectivity index (χ1v) is 7.60. The van der Waals surface area contributed by atoms with Gasteiger partial charge >= 0.3 is 0 Å². The van der Waals surface area contributed by atoms with Crippen LogP contribution in [-0.2, 0) is 17.6 Å². The van der Waals surface area contributed by atoms with E-state index in [1.165, 1.54) is 5.56 Å². The van der Waals surface area contributed by atoms with Gasteiger partial charge in [-0.15, -0.1) is 0 Å². The summed E-state index contributed by atoms with van der Waals surface area (Å²) in [4.78, 5) is 11.8. The van der Waals surface area contributed by atoms with Gasteiger partial charge in [0.25, 0.3) is 0 Å².